The van der Waals surface area contributed by atoms with E-state index in [1.165, 1.54) is 0 Å². The van der Waals surface area contributed by atoms with E-state index in [0.717, 1.165) is 5.82 Å². The number of aromatic nitrogens is 3. The van der Waals surface area contributed by atoms with Crippen molar-refractivity contribution in [2.45, 2.75) is 19.8 Å². The van der Waals surface area contributed by atoms with Gasteiger partial charge < -0.3 is 23.7 Å². The molecule has 2 bridgehead atoms. The second-order valence-corrected chi connectivity index (χ2v) is 4.86. The van der Waals surface area contributed by atoms with Gasteiger partial charge in [0, 0.05) is 0 Å². The molecule has 0 N–H and O–H groups in total. The Morgan fingerprint density at radius 2 is 1.35 bits per heavy atom. The van der Waals surface area contributed by atoms with Gasteiger partial charge in [0.2, 0.25) is 0 Å². The molecule has 2 heterocycles. The Kier molecular flexibility index (Phi) is 8.82. The summed E-state index contributed by atoms with van der Waals surface area (Å²) in [5.74, 6) is 1.38. The molecule has 8 nitrogen and oxygen atoms in total. The third kappa shape index (κ3) is 7.19. The number of hydrogen-bond donors (Lipinski definition) is 0. The number of fused-ring (bicyclic) bond motifs is 2. The third-order valence-corrected chi connectivity index (χ3v) is 3.04. The van der Waals surface area contributed by atoms with E-state index in [1.54, 1.807) is 10.8 Å². The molecule has 1 aliphatic rings. The minimum atomic E-state index is 0.347. The van der Waals surface area contributed by atoms with Crippen LogP contribution in [0.4, 0.5) is 0 Å². The van der Waals surface area contributed by atoms with Crippen LogP contribution >= 0.6 is 0 Å². The fraction of sp³-hybridized carbons (Fsp3) is 0.733. The Hall–Kier alpha value is -1.32. The molecule has 0 saturated carbocycles. The maximum absolute atomic E-state index is 5.58. The van der Waals surface area contributed by atoms with Crippen molar-refractivity contribution < 1.29 is 23.7 Å². The van der Waals surface area contributed by atoms with E-state index in [2.05, 4.69) is 16.7 Å². The van der Waals surface area contributed by atoms with Crippen LogP contribution in [0.2, 0.25) is 0 Å². The zero-order valence-corrected chi connectivity index (χ0v) is 13.4. The van der Waals surface area contributed by atoms with Crippen molar-refractivity contribution in [1.82, 2.24) is 14.8 Å². The Labute approximate surface area is 136 Å². The molecule has 0 unspecified atom stereocenters. The van der Waals surface area contributed by atoms with Crippen LogP contribution in [0, 0.1) is 0 Å². The highest BCUT2D eigenvalue weighted by atomic mass is 16.6. The molecular formula is C15H25N3O5. The first kappa shape index (κ1) is 18.0. The van der Waals surface area contributed by atoms with Gasteiger partial charge in [-0.1, -0.05) is 6.08 Å². The summed E-state index contributed by atoms with van der Waals surface area (Å²) in [5, 5.41) is 4.40. The highest BCUT2D eigenvalue weighted by Gasteiger charge is 2.09. The molecule has 1 aromatic heterocycles. The number of ether oxygens (including phenoxy) is 5. The zero-order valence-electron chi connectivity index (χ0n) is 13.4. The largest absolute Gasteiger partial charge is 0.377 e. The average Bonchev–Trinajstić information content (AvgIpc) is 2.93. The Morgan fingerprint density at radius 3 is 1.91 bits per heavy atom. The van der Waals surface area contributed by atoms with E-state index < -0.39 is 0 Å². The molecule has 0 atom stereocenters. The molecule has 0 spiro atoms. The van der Waals surface area contributed by atoms with Crippen molar-refractivity contribution in [1.29, 1.82) is 0 Å². The van der Waals surface area contributed by atoms with E-state index >= 15 is 0 Å². The molecule has 1 aromatic rings. The maximum atomic E-state index is 5.58. The number of nitrogens with zero attached hydrogens (tertiary/aromatic N) is 3. The van der Waals surface area contributed by atoms with Crippen molar-refractivity contribution in [3.63, 3.8) is 0 Å². The van der Waals surface area contributed by atoms with Crippen molar-refractivity contribution in [3.8, 4) is 0 Å². The summed E-state index contributed by atoms with van der Waals surface area (Å²) in [6.07, 6.45) is 1.77. The normalized spacial score (nSPS) is 19.7. The predicted octanol–water partition coefficient (Wildman–Crippen LogP) is 0.561. The van der Waals surface area contributed by atoms with Gasteiger partial charge in [0.1, 0.15) is 13.2 Å². The summed E-state index contributed by atoms with van der Waals surface area (Å²) in [5.41, 5.74) is 0. The fourth-order valence-electron chi connectivity index (χ4n) is 1.97. The molecule has 0 fully saturated rings. The van der Waals surface area contributed by atoms with E-state index in [1.807, 2.05) is 0 Å². The van der Waals surface area contributed by atoms with Crippen LogP contribution in [0.5, 0.6) is 0 Å². The van der Waals surface area contributed by atoms with Gasteiger partial charge in [0.25, 0.3) is 0 Å². The lowest BCUT2D eigenvalue weighted by Crippen LogP contribution is -2.13. The molecule has 0 amide bonds. The lowest BCUT2D eigenvalue weighted by Gasteiger charge is -2.08. The van der Waals surface area contributed by atoms with Gasteiger partial charge in [-0.15, -0.1) is 6.58 Å². The first-order valence-electron chi connectivity index (χ1n) is 7.82. The molecule has 0 aromatic carbocycles. The lowest BCUT2D eigenvalue weighted by atomic mass is 10.5. The molecule has 23 heavy (non-hydrogen) atoms. The SMILES string of the molecule is C=CCn1nc2nc1COCCOCCOCCOCCOC2. The van der Waals surface area contributed by atoms with Crippen LogP contribution in [0.25, 0.3) is 0 Å². The van der Waals surface area contributed by atoms with Gasteiger partial charge in [0.05, 0.1) is 59.4 Å². The Bertz CT molecular complexity index is 452. The van der Waals surface area contributed by atoms with Crippen LogP contribution in [0.1, 0.15) is 11.6 Å². The van der Waals surface area contributed by atoms with Gasteiger partial charge >= 0.3 is 0 Å². The summed E-state index contributed by atoms with van der Waals surface area (Å²) in [7, 11) is 0. The van der Waals surface area contributed by atoms with Crippen LogP contribution < -0.4 is 0 Å². The van der Waals surface area contributed by atoms with Gasteiger partial charge in [-0.05, 0) is 0 Å². The second-order valence-electron chi connectivity index (χ2n) is 4.86. The first-order valence-corrected chi connectivity index (χ1v) is 7.82. The molecule has 2 rings (SSSR count). The Balaban J connectivity index is 1.87. The van der Waals surface area contributed by atoms with Crippen molar-refractivity contribution in [2.75, 3.05) is 52.9 Å². The molecule has 0 aliphatic carbocycles. The number of hydrogen-bond acceptors (Lipinski definition) is 7. The zero-order chi connectivity index (χ0) is 16.2. The Morgan fingerprint density at radius 1 is 0.826 bits per heavy atom. The van der Waals surface area contributed by atoms with Crippen LogP contribution in [0.3, 0.4) is 0 Å². The minimum Gasteiger partial charge on any atom is -0.377 e. The smallest absolute Gasteiger partial charge is 0.176 e. The number of rotatable bonds is 2. The highest BCUT2D eigenvalue weighted by molar-refractivity contribution is 4.92. The average molecular weight is 327 g/mol. The highest BCUT2D eigenvalue weighted by Crippen LogP contribution is 2.03. The van der Waals surface area contributed by atoms with Crippen LogP contribution in [-0.4, -0.2) is 67.6 Å². The van der Waals surface area contributed by atoms with E-state index in [0.29, 0.717) is 78.4 Å². The summed E-state index contributed by atoms with van der Waals surface area (Å²) in [6.45, 7) is 9.26. The number of allylic oxidation sites excluding steroid dienone is 1. The lowest BCUT2D eigenvalue weighted by molar-refractivity contribution is -0.0152. The summed E-state index contributed by atoms with van der Waals surface area (Å²) in [4.78, 5) is 4.44. The molecule has 1 aliphatic heterocycles. The summed E-state index contributed by atoms with van der Waals surface area (Å²) < 4.78 is 29.1. The molecule has 130 valence electrons. The van der Waals surface area contributed by atoms with Crippen LogP contribution in [-0.2, 0) is 43.4 Å². The van der Waals surface area contributed by atoms with Gasteiger partial charge in [-0.3, -0.25) is 0 Å². The van der Waals surface area contributed by atoms with E-state index in [9.17, 15) is 0 Å². The third-order valence-electron chi connectivity index (χ3n) is 3.04. The van der Waals surface area contributed by atoms with Crippen molar-refractivity contribution in [2.24, 2.45) is 0 Å². The molecule has 0 saturated heterocycles. The fourth-order valence-corrected chi connectivity index (χ4v) is 1.97. The quantitative estimate of drug-likeness (QED) is 0.735. The minimum absolute atomic E-state index is 0.347. The standard InChI is InChI=1S/C15H25N3O5/c1-2-3-18-15-13-23-11-9-21-7-5-19-4-6-20-8-10-22-12-14(16-15)17-18/h2H,1,3-13H2. The first-order chi connectivity index (χ1) is 11.4. The van der Waals surface area contributed by atoms with Crippen LogP contribution in [0.15, 0.2) is 12.7 Å². The summed E-state index contributed by atoms with van der Waals surface area (Å²) >= 11 is 0. The van der Waals surface area contributed by atoms with E-state index in [4.69, 9.17) is 23.7 Å². The van der Waals surface area contributed by atoms with Gasteiger partial charge in [0.15, 0.2) is 11.6 Å². The molecule has 0 radical (unpaired) electrons. The monoisotopic (exact) mass is 327 g/mol. The van der Waals surface area contributed by atoms with Gasteiger partial charge in [-0.2, -0.15) is 5.10 Å². The predicted molar refractivity (Wildman–Crippen MR) is 82.0 cm³/mol. The molecular weight excluding hydrogens is 302 g/mol. The topological polar surface area (TPSA) is 76.9 Å². The van der Waals surface area contributed by atoms with E-state index in [-0.39, 0.29) is 0 Å². The van der Waals surface area contributed by atoms with Gasteiger partial charge in [-0.25, -0.2) is 9.67 Å². The maximum Gasteiger partial charge on any atom is 0.176 e. The molecule has 8 heteroatoms. The van der Waals surface area contributed by atoms with Crippen molar-refractivity contribution in [3.05, 3.63) is 24.3 Å². The second kappa shape index (κ2) is 11.3. The van der Waals surface area contributed by atoms with Crippen molar-refractivity contribution >= 4 is 0 Å². The summed E-state index contributed by atoms with van der Waals surface area (Å²) in [6, 6.07) is 0.